The molecule has 0 spiro atoms. The summed E-state index contributed by atoms with van der Waals surface area (Å²) in [6, 6.07) is 0.929. The molecule has 0 bridgehead atoms. The molecule has 2 aliphatic heterocycles. The Morgan fingerprint density at radius 2 is 1.66 bits per heavy atom. The van der Waals surface area contributed by atoms with Gasteiger partial charge in [-0.1, -0.05) is 0 Å². The Bertz CT molecular complexity index is 989. The number of benzene rings is 1. The van der Waals surface area contributed by atoms with E-state index in [0.29, 0.717) is 17.1 Å². The average Bonchev–Trinajstić information content (AvgIpc) is 3.17. The summed E-state index contributed by atoms with van der Waals surface area (Å²) in [6.45, 7) is 3.61. The van der Waals surface area contributed by atoms with Crippen LogP contribution in [0.5, 0.6) is 17.2 Å². The van der Waals surface area contributed by atoms with Gasteiger partial charge in [0.05, 0.1) is 18.7 Å². The number of ether oxygens (including phenoxy) is 6. The van der Waals surface area contributed by atoms with Crippen molar-refractivity contribution >= 4 is 23.8 Å². The van der Waals surface area contributed by atoms with Crippen LogP contribution in [0.15, 0.2) is 6.07 Å². The van der Waals surface area contributed by atoms with Gasteiger partial charge in [0.15, 0.2) is 23.7 Å². The summed E-state index contributed by atoms with van der Waals surface area (Å²) in [5.74, 6) is -1.86. The highest BCUT2D eigenvalue weighted by Crippen LogP contribution is 2.51. The Morgan fingerprint density at radius 1 is 1.00 bits per heavy atom. The first-order valence-electron chi connectivity index (χ1n) is 10.0. The molecule has 0 saturated heterocycles. The summed E-state index contributed by atoms with van der Waals surface area (Å²) in [5.41, 5.74) is 0.822. The summed E-state index contributed by atoms with van der Waals surface area (Å²) < 4.78 is 32.8. The van der Waals surface area contributed by atoms with Crippen LogP contribution in [-0.2, 0) is 28.6 Å². The van der Waals surface area contributed by atoms with Crippen molar-refractivity contribution in [2.24, 2.45) is 0 Å². The number of hydrogen-bond acceptors (Lipinski definition) is 10. The molecule has 11 heteroatoms. The highest BCUT2D eigenvalue weighted by Gasteiger charge is 2.54. The Labute approximate surface area is 183 Å². The first-order valence-corrected chi connectivity index (χ1v) is 10.0. The van der Waals surface area contributed by atoms with Gasteiger partial charge in [-0.3, -0.25) is 19.2 Å². The predicted octanol–water partition coefficient (Wildman–Crippen LogP) is 0.818. The fourth-order valence-corrected chi connectivity index (χ4v) is 4.65. The van der Waals surface area contributed by atoms with E-state index in [1.807, 2.05) is 0 Å². The van der Waals surface area contributed by atoms with Crippen molar-refractivity contribution in [2.45, 2.75) is 57.5 Å². The molecule has 3 aliphatic rings. The lowest BCUT2D eigenvalue weighted by molar-refractivity contribution is -0.194. The molecule has 172 valence electrons. The third-order valence-electron chi connectivity index (χ3n) is 5.66. The van der Waals surface area contributed by atoms with E-state index in [0.717, 1.165) is 0 Å². The number of nitrogens with one attached hydrogen (secondary N) is 1. The minimum absolute atomic E-state index is 0.0228. The molecule has 1 aromatic rings. The van der Waals surface area contributed by atoms with Gasteiger partial charge in [0, 0.05) is 26.7 Å². The maximum atomic E-state index is 13.1. The summed E-state index contributed by atoms with van der Waals surface area (Å²) in [5, 5.41) is 2.85. The number of carbonyl (C=O) groups excluding carboxylic acids is 4. The molecule has 4 rings (SSSR count). The van der Waals surface area contributed by atoms with E-state index in [-0.39, 0.29) is 24.5 Å². The van der Waals surface area contributed by atoms with Crippen molar-refractivity contribution < 1.29 is 47.6 Å². The van der Waals surface area contributed by atoms with Gasteiger partial charge in [-0.15, -0.1) is 0 Å². The highest BCUT2D eigenvalue weighted by atomic mass is 16.7. The number of fused-ring (bicyclic) bond motifs is 4. The van der Waals surface area contributed by atoms with Crippen LogP contribution in [0.3, 0.4) is 0 Å². The van der Waals surface area contributed by atoms with Crippen molar-refractivity contribution in [3.63, 3.8) is 0 Å². The lowest BCUT2D eigenvalue weighted by atomic mass is 9.71. The molecule has 1 fully saturated rings. The smallest absolute Gasteiger partial charge is 0.303 e. The average molecular weight is 449 g/mol. The number of hydrogen-bond donors (Lipinski definition) is 1. The van der Waals surface area contributed by atoms with E-state index < -0.39 is 54.1 Å². The van der Waals surface area contributed by atoms with Crippen molar-refractivity contribution in [3.05, 3.63) is 17.2 Å². The van der Waals surface area contributed by atoms with Crippen LogP contribution in [0.4, 0.5) is 0 Å². The number of rotatable bonds is 4. The van der Waals surface area contributed by atoms with E-state index in [2.05, 4.69) is 5.32 Å². The topological polar surface area (TPSA) is 136 Å². The first-order chi connectivity index (χ1) is 15.2. The monoisotopic (exact) mass is 449 g/mol. The van der Waals surface area contributed by atoms with Gasteiger partial charge in [-0.25, -0.2) is 0 Å². The largest absolute Gasteiger partial charge is 0.492 e. The van der Waals surface area contributed by atoms with Gasteiger partial charge >= 0.3 is 17.9 Å². The maximum absolute atomic E-state index is 13.1. The Kier molecular flexibility index (Phi) is 5.57. The van der Waals surface area contributed by atoms with Crippen LogP contribution in [0.2, 0.25) is 0 Å². The van der Waals surface area contributed by atoms with Crippen LogP contribution in [0, 0.1) is 0 Å². The normalized spacial score (nSPS) is 27.4. The SMILES string of the molecule is COc1c2c(cc3c1C(=O)N[C@H]1[C@H](OC(C)=O)[C@H](OC(C)=O)[C@@H](OC(C)=O)C[C@H]31)OCO2. The minimum atomic E-state index is -1.10. The van der Waals surface area contributed by atoms with Crippen LogP contribution in [0.1, 0.15) is 49.0 Å². The van der Waals surface area contributed by atoms with E-state index in [1.54, 1.807) is 6.07 Å². The van der Waals surface area contributed by atoms with E-state index in [1.165, 1.54) is 27.9 Å². The van der Waals surface area contributed by atoms with Gasteiger partial charge < -0.3 is 33.7 Å². The van der Waals surface area contributed by atoms with Crippen molar-refractivity contribution in [1.29, 1.82) is 0 Å². The molecule has 1 amide bonds. The minimum Gasteiger partial charge on any atom is -0.492 e. The quantitative estimate of drug-likeness (QED) is 0.520. The predicted molar refractivity (Wildman–Crippen MR) is 104 cm³/mol. The van der Waals surface area contributed by atoms with Gasteiger partial charge in [0.2, 0.25) is 12.5 Å². The summed E-state index contributed by atoms with van der Waals surface area (Å²) in [4.78, 5) is 48.6. The summed E-state index contributed by atoms with van der Waals surface area (Å²) in [7, 11) is 1.41. The molecule has 1 saturated carbocycles. The zero-order valence-electron chi connectivity index (χ0n) is 18.0. The fraction of sp³-hybridized carbons (Fsp3) is 0.524. The number of amides is 1. The van der Waals surface area contributed by atoms with Crippen molar-refractivity contribution in [3.8, 4) is 17.2 Å². The number of esters is 3. The first kappa shape index (κ1) is 21.7. The second-order valence-electron chi connectivity index (χ2n) is 7.75. The second-order valence-corrected chi connectivity index (χ2v) is 7.75. The van der Waals surface area contributed by atoms with Crippen molar-refractivity contribution in [2.75, 3.05) is 13.9 Å². The van der Waals surface area contributed by atoms with Gasteiger partial charge in [0.25, 0.3) is 5.91 Å². The lowest BCUT2D eigenvalue weighted by Gasteiger charge is -2.47. The van der Waals surface area contributed by atoms with E-state index in [9.17, 15) is 19.2 Å². The van der Waals surface area contributed by atoms with Crippen LogP contribution >= 0.6 is 0 Å². The molecule has 32 heavy (non-hydrogen) atoms. The van der Waals surface area contributed by atoms with Crippen molar-refractivity contribution in [1.82, 2.24) is 5.32 Å². The van der Waals surface area contributed by atoms with E-state index >= 15 is 0 Å². The second kappa shape index (κ2) is 8.21. The molecule has 1 aromatic carbocycles. The third-order valence-corrected chi connectivity index (χ3v) is 5.66. The number of methoxy groups -OCH3 is 1. The molecular formula is C21H23NO10. The molecule has 0 radical (unpaired) electrons. The molecule has 0 unspecified atom stereocenters. The summed E-state index contributed by atoms with van der Waals surface area (Å²) in [6.07, 6.45) is -2.91. The zero-order valence-corrected chi connectivity index (χ0v) is 18.0. The molecule has 11 nitrogen and oxygen atoms in total. The van der Waals surface area contributed by atoms with Gasteiger partial charge in [-0.05, 0) is 18.1 Å². The molecule has 5 atom stereocenters. The molecule has 0 aromatic heterocycles. The Hall–Kier alpha value is -3.50. The number of carbonyl (C=O) groups is 4. The molecular weight excluding hydrogens is 426 g/mol. The highest BCUT2D eigenvalue weighted by molar-refractivity contribution is 6.01. The van der Waals surface area contributed by atoms with Gasteiger partial charge in [0.1, 0.15) is 6.10 Å². The molecule has 1 N–H and O–H groups in total. The standard InChI is InChI=1S/C21H23NO10/c1-8(23)30-14-6-12-11-5-13-17(29-7-28-13)19(27-4)15(11)21(26)22-16(12)20(32-10(3)25)18(14)31-9(2)24/h5,12,14,16,18,20H,6-7H2,1-4H3,(H,22,26)/t12-,14+,16-,18-,20+/m1/s1. The van der Waals surface area contributed by atoms with Crippen LogP contribution in [-0.4, -0.2) is 62.1 Å². The van der Waals surface area contributed by atoms with Crippen LogP contribution < -0.4 is 19.5 Å². The Morgan fingerprint density at radius 3 is 2.28 bits per heavy atom. The van der Waals surface area contributed by atoms with Crippen LogP contribution in [0.25, 0.3) is 0 Å². The third kappa shape index (κ3) is 3.67. The van der Waals surface area contributed by atoms with E-state index in [4.69, 9.17) is 28.4 Å². The lowest BCUT2D eigenvalue weighted by Crippen LogP contribution is -2.63. The maximum Gasteiger partial charge on any atom is 0.303 e. The van der Waals surface area contributed by atoms with Gasteiger partial charge in [-0.2, -0.15) is 0 Å². The molecule has 2 heterocycles. The Balaban J connectivity index is 1.84. The zero-order chi connectivity index (χ0) is 23.2. The molecule has 1 aliphatic carbocycles. The summed E-state index contributed by atoms with van der Waals surface area (Å²) >= 11 is 0. The fourth-order valence-electron chi connectivity index (χ4n) is 4.65.